The lowest BCUT2D eigenvalue weighted by molar-refractivity contribution is 0.173. The van der Waals surface area contributed by atoms with Crippen molar-refractivity contribution in [1.82, 2.24) is 24.9 Å². The van der Waals surface area contributed by atoms with Crippen LogP contribution >= 0.6 is 11.6 Å². The maximum atomic E-state index is 12.4. The van der Waals surface area contributed by atoms with Gasteiger partial charge in [0.15, 0.2) is 0 Å². The fourth-order valence-electron chi connectivity index (χ4n) is 3.27. The van der Waals surface area contributed by atoms with Gasteiger partial charge < -0.3 is 10.2 Å². The highest BCUT2D eigenvalue weighted by Crippen LogP contribution is 2.16. The van der Waals surface area contributed by atoms with Crippen molar-refractivity contribution in [3.63, 3.8) is 0 Å². The summed E-state index contributed by atoms with van der Waals surface area (Å²) in [7, 11) is 3.69. The molecule has 0 saturated carbocycles. The normalized spacial score (nSPS) is 15.8. The lowest BCUT2D eigenvalue weighted by Gasteiger charge is -2.33. The van der Waals surface area contributed by atoms with Crippen molar-refractivity contribution >= 4 is 17.6 Å². The van der Waals surface area contributed by atoms with Crippen LogP contribution in [0.25, 0.3) is 0 Å². The van der Waals surface area contributed by atoms with Crippen LogP contribution in [-0.4, -0.2) is 51.8 Å². The van der Waals surface area contributed by atoms with Crippen molar-refractivity contribution in [3.8, 4) is 0 Å². The minimum atomic E-state index is -0.0231. The molecule has 1 aromatic heterocycles. The maximum absolute atomic E-state index is 12.4. The molecule has 7 heteroatoms. The summed E-state index contributed by atoms with van der Waals surface area (Å²) in [5.74, 6) is 0. The van der Waals surface area contributed by atoms with E-state index in [2.05, 4.69) is 27.4 Å². The molecule has 1 saturated heterocycles. The van der Waals surface area contributed by atoms with Crippen LogP contribution in [0.2, 0.25) is 5.02 Å². The average molecular weight is 376 g/mol. The van der Waals surface area contributed by atoms with E-state index in [9.17, 15) is 4.79 Å². The van der Waals surface area contributed by atoms with Crippen LogP contribution in [0.1, 0.15) is 24.0 Å². The summed E-state index contributed by atoms with van der Waals surface area (Å²) in [5, 5.41) is 8.06. The van der Waals surface area contributed by atoms with Gasteiger partial charge in [-0.05, 0) is 30.5 Å². The molecule has 6 nitrogen and oxygen atoms in total. The summed E-state index contributed by atoms with van der Waals surface area (Å²) in [6.07, 6.45) is 5.66. The highest BCUT2D eigenvalue weighted by Gasteiger charge is 2.22. The Bertz CT molecular complexity index is 722. The molecule has 1 N–H and O–H groups in total. The predicted molar refractivity (Wildman–Crippen MR) is 103 cm³/mol. The molecule has 3 rings (SSSR count). The van der Waals surface area contributed by atoms with Crippen LogP contribution in [0.5, 0.6) is 0 Å². The van der Waals surface area contributed by atoms with E-state index in [0.717, 1.165) is 43.1 Å². The Hall–Kier alpha value is -2.05. The monoisotopic (exact) mass is 375 g/mol. The second kappa shape index (κ2) is 8.56. The molecular formula is C19H26ClN5O. The number of nitrogens with zero attached hydrogens (tertiary/aromatic N) is 4. The molecule has 1 aromatic carbocycles. The topological polar surface area (TPSA) is 53.4 Å². The van der Waals surface area contributed by atoms with Crippen molar-refractivity contribution in [3.05, 3.63) is 52.8 Å². The van der Waals surface area contributed by atoms with E-state index in [1.165, 1.54) is 5.56 Å². The third-order valence-electron chi connectivity index (χ3n) is 4.76. The third kappa shape index (κ3) is 5.22. The first-order valence-electron chi connectivity index (χ1n) is 8.95. The number of amides is 2. The zero-order valence-corrected chi connectivity index (χ0v) is 16.1. The third-order valence-corrected chi connectivity index (χ3v) is 5.01. The van der Waals surface area contributed by atoms with Crippen LogP contribution < -0.4 is 5.32 Å². The lowest BCUT2D eigenvalue weighted by atomic mass is 10.0. The first-order valence-corrected chi connectivity index (χ1v) is 9.33. The van der Waals surface area contributed by atoms with Gasteiger partial charge in [0.2, 0.25) is 0 Å². The minimum absolute atomic E-state index is 0.0231. The molecule has 0 radical (unpaired) electrons. The van der Waals surface area contributed by atoms with Gasteiger partial charge in [-0.1, -0.05) is 23.7 Å². The fourth-order valence-corrected chi connectivity index (χ4v) is 3.39. The number of nitrogens with one attached hydrogen (secondary N) is 1. The minimum Gasteiger partial charge on any atom is -0.335 e. The van der Waals surface area contributed by atoms with Gasteiger partial charge in [0.05, 0.1) is 12.7 Å². The van der Waals surface area contributed by atoms with Gasteiger partial charge >= 0.3 is 6.03 Å². The zero-order chi connectivity index (χ0) is 18.5. The van der Waals surface area contributed by atoms with E-state index in [-0.39, 0.29) is 12.1 Å². The molecule has 1 fully saturated rings. The first kappa shape index (κ1) is 18.7. The largest absolute Gasteiger partial charge is 0.335 e. The summed E-state index contributed by atoms with van der Waals surface area (Å²) in [6.45, 7) is 3.47. The molecule has 0 atom stereocenters. The zero-order valence-electron chi connectivity index (χ0n) is 15.4. The number of hydrogen-bond donors (Lipinski definition) is 1. The van der Waals surface area contributed by atoms with Crippen LogP contribution in [0.15, 0.2) is 36.7 Å². The number of rotatable bonds is 5. The molecule has 0 spiro atoms. The first-order chi connectivity index (χ1) is 12.5. The summed E-state index contributed by atoms with van der Waals surface area (Å²) >= 11 is 5.94. The van der Waals surface area contributed by atoms with Gasteiger partial charge in [0.25, 0.3) is 0 Å². The molecule has 2 heterocycles. The number of hydrogen-bond acceptors (Lipinski definition) is 3. The highest BCUT2D eigenvalue weighted by atomic mass is 35.5. The number of halogens is 1. The van der Waals surface area contributed by atoms with Crippen molar-refractivity contribution in [2.45, 2.75) is 32.0 Å². The number of carbonyl (C=O) groups is 1. The smallest absolute Gasteiger partial charge is 0.317 e. The predicted octanol–water partition coefficient (Wildman–Crippen LogP) is 2.88. The van der Waals surface area contributed by atoms with Crippen LogP contribution in [0, 0.1) is 0 Å². The quantitative estimate of drug-likeness (QED) is 0.874. The molecule has 140 valence electrons. The molecule has 1 aliphatic heterocycles. The lowest BCUT2D eigenvalue weighted by Crippen LogP contribution is -2.47. The Morgan fingerprint density at radius 2 is 1.96 bits per heavy atom. The Morgan fingerprint density at radius 1 is 1.27 bits per heavy atom. The fraction of sp³-hybridized carbons (Fsp3) is 0.474. The number of benzene rings is 1. The summed E-state index contributed by atoms with van der Waals surface area (Å²) < 4.78 is 1.75. The highest BCUT2D eigenvalue weighted by molar-refractivity contribution is 6.30. The van der Waals surface area contributed by atoms with E-state index in [0.29, 0.717) is 6.54 Å². The number of urea groups is 1. The van der Waals surface area contributed by atoms with Crippen LogP contribution in [-0.2, 0) is 20.1 Å². The number of likely N-dealkylation sites (tertiary alicyclic amines) is 1. The standard InChI is InChI=1S/C19H26ClN5O/c1-23(12-16-11-21-24(2)13-16)19(26)22-18-7-9-25(10-8-18)14-15-3-5-17(20)6-4-15/h3-6,11,13,18H,7-10,12,14H2,1-2H3,(H,22,26). The van der Waals surface area contributed by atoms with E-state index in [1.54, 1.807) is 15.8 Å². The van der Waals surface area contributed by atoms with Crippen molar-refractivity contribution in [2.24, 2.45) is 7.05 Å². The van der Waals surface area contributed by atoms with Gasteiger partial charge in [-0.3, -0.25) is 9.58 Å². The second-order valence-electron chi connectivity index (χ2n) is 7.00. The molecule has 0 bridgehead atoms. The second-order valence-corrected chi connectivity index (χ2v) is 7.44. The molecule has 2 aromatic rings. The molecular weight excluding hydrogens is 350 g/mol. The van der Waals surface area contributed by atoms with Gasteiger partial charge in [-0.25, -0.2) is 4.79 Å². The number of aromatic nitrogens is 2. The van der Waals surface area contributed by atoms with Gasteiger partial charge in [0.1, 0.15) is 0 Å². The number of carbonyl (C=O) groups excluding carboxylic acids is 1. The van der Waals surface area contributed by atoms with Crippen molar-refractivity contribution in [1.29, 1.82) is 0 Å². The van der Waals surface area contributed by atoms with E-state index in [1.807, 2.05) is 32.4 Å². The van der Waals surface area contributed by atoms with Gasteiger partial charge in [-0.2, -0.15) is 5.10 Å². The van der Waals surface area contributed by atoms with E-state index < -0.39 is 0 Å². The van der Waals surface area contributed by atoms with Crippen LogP contribution in [0.4, 0.5) is 4.79 Å². The molecule has 26 heavy (non-hydrogen) atoms. The Morgan fingerprint density at radius 3 is 2.58 bits per heavy atom. The molecule has 0 unspecified atom stereocenters. The molecule has 0 aliphatic carbocycles. The van der Waals surface area contributed by atoms with Gasteiger partial charge in [0, 0.05) is 56.6 Å². The number of aryl methyl sites for hydroxylation is 1. The summed E-state index contributed by atoms with van der Waals surface area (Å²) in [5.41, 5.74) is 2.30. The van der Waals surface area contributed by atoms with Crippen LogP contribution in [0.3, 0.4) is 0 Å². The van der Waals surface area contributed by atoms with Gasteiger partial charge in [-0.15, -0.1) is 0 Å². The summed E-state index contributed by atoms with van der Waals surface area (Å²) in [4.78, 5) is 16.5. The number of piperidine rings is 1. The Labute approximate surface area is 159 Å². The Kier molecular flexibility index (Phi) is 6.16. The molecule has 1 aliphatic rings. The average Bonchev–Trinajstić information content (AvgIpc) is 3.03. The molecule has 2 amide bonds. The van der Waals surface area contributed by atoms with E-state index in [4.69, 9.17) is 11.6 Å². The SMILES string of the molecule is CN(Cc1cnn(C)c1)C(=O)NC1CCN(Cc2ccc(Cl)cc2)CC1. The van der Waals surface area contributed by atoms with Crippen molar-refractivity contribution < 1.29 is 4.79 Å². The summed E-state index contributed by atoms with van der Waals surface area (Å²) in [6, 6.07) is 8.22. The van der Waals surface area contributed by atoms with E-state index >= 15 is 0 Å². The maximum Gasteiger partial charge on any atom is 0.317 e. The van der Waals surface area contributed by atoms with Crippen molar-refractivity contribution in [2.75, 3.05) is 20.1 Å². The Balaban J connectivity index is 1.41.